The molecule has 0 spiro atoms. The fourth-order valence-corrected chi connectivity index (χ4v) is 4.55. The average Bonchev–Trinajstić information content (AvgIpc) is 3.07. The first-order chi connectivity index (χ1) is 12.1. The van der Waals surface area contributed by atoms with Gasteiger partial charge in [-0.25, -0.2) is 9.97 Å². The summed E-state index contributed by atoms with van der Waals surface area (Å²) < 4.78 is 0. The molecule has 0 aliphatic carbocycles. The molecule has 0 atom stereocenters. The molecule has 4 rings (SSSR count). The van der Waals surface area contributed by atoms with Crippen molar-refractivity contribution in [2.75, 3.05) is 26.7 Å². The Morgan fingerprint density at radius 3 is 2.76 bits per heavy atom. The highest BCUT2D eigenvalue weighted by Gasteiger charge is 2.27. The zero-order chi connectivity index (χ0) is 17.4. The van der Waals surface area contributed by atoms with Crippen molar-refractivity contribution in [3.8, 4) is 0 Å². The molecule has 2 aromatic heterocycles. The third kappa shape index (κ3) is 3.46. The Kier molecular flexibility index (Phi) is 4.56. The fourth-order valence-electron chi connectivity index (χ4n) is 3.72. The highest BCUT2D eigenvalue weighted by Crippen LogP contribution is 2.28. The Labute approximate surface area is 152 Å². The Bertz CT molecular complexity index is 779. The van der Waals surface area contributed by atoms with Gasteiger partial charge in [0.25, 0.3) is 5.91 Å². The van der Waals surface area contributed by atoms with Crippen molar-refractivity contribution < 1.29 is 4.79 Å². The lowest BCUT2D eigenvalue weighted by Crippen LogP contribution is -2.38. The van der Waals surface area contributed by atoms with Gasteiger partial charge in [0.15, 0.2) is 0 Å². The van der Waals surface area contributed by atoms with Crippen LogP contribution < -0.4 is 0 Å². The first kappa shape index (κ1) is 16.7. The third-order valence-corrected chi connectivity index (χ3v) is 6.23. The van der Waals surface area contributed by atoms with Gasteiger partial charge in [-0.05, 0) is 38.9 Å². The van der Waals surface area contributed by atoms with E-state index >= 15 is 0 Å². The minimum absolute atomic E-state index is 0.172. The van der Waals surface area contributed by atoms with E-state index in [1.807, 2.05) is 30.2 Å². The minimum Gasteiger partial charge on any atom is -0.338 e. The quantitative estimate of drug-likeness (QED) is 0.830. The molecule has 5 nitrogen and oxygen atoms in total. The van der Waals surface area contributed by atoms with Crippen LogP contribution in [0, 0.1) is 6.92 Å². The van der Waals surface area contributed by atoms with E-state index in [-0.39, 0.29) is 5.91 Å². The summed E-state index contributed by atoms with van der Waals surface area (Å²) >= 11 is 1.58. The molecule has 2 aliphatic heterocycles. The van der Waals surface area contributed by atoms with Crippen molar-refractivity contribution in [2.45, 2.75) is 38.6 Å². The van der Waals surface area contributed by atoms with Gasteiger partial charge in [0.1, 0.15) is 5.82 Å². The largest absolute Gasteiger partial charge is 0.338 e. The summed E-state index contributed by atoms with van der Waals surface area (Å²) in [5.74, 6) is 1.52. The maximum Gasteiger partial charge on any atom is 0.263 e. The zero-order valence-electron chi connectivity index (χ0n) is 14.9. The van der Waals surface area contributed by atoms with Crippen molar-refractivity contribution in [2.24, 2.45) is 0 Å². The van der Waals surface area contributed by atoms with Crippen LogP contribution in [0.1, 0.15) is 50.4 Å². The van der Waals surface area contributed by atoms with Gasteiger partial charge in [-0.2, -0.15) is 0 Å². The summed E-state index contributed by atoms with van der Waals surface area (Å²) in [4.78, 5) is 28.4. The average molecular weight is 356 g/mol. The lowest BCUT2D eigenvalue weighted by Gasteiger charge is -2.31. The van der Waals surface area contributed by atoms with E-state index in [0.29, 0.717) is 5.92 Å². The molecule has 1 amide bonds. The van der Waals surface area contributed by atoms with Gasteiger partial charge in [0, 0.05) is 60.8 Å². The number of nitrogens with zero attached hydrogens (tertiary/aromatic N) is 4. The number of amides is 1. The van der Waals surface area contributed by atoms with Crippen LogP contribution in [0.15, 0.2) is 18.3 Å². The number of aryl methyl sites for hydroxylation is 1. The molecule has 25 heavy (non-hydrogen) atoms. The van der Waals surface area contributed by atoms with Crippen LogP contribution in [0.5, 0.6) is 0 Å². The van der Waals surface area contributed by atoms with Crippen LogP contribution in [-0.2, 0) is 13.0 Å². The van der Waals surface area contributed by atoms with Crippen LogP contribution in [0.2, 0.25) is 0 Å². The first-order valence-electron chi connectivity index (χ1n) is 8.99. The summed E-state index contributed by atoms with van der Waals surface area (Å²) in [5, 5.41) is 0. The summed E-state index contributed by atoms with van der Waals surface area (Å²) in [5.41, 5.74) is 2.48. The lowest BCUT2D eigenvalue weighted by molar-refractivity contribution is 0.0716. The van der Waals surface area contributed by atoms with Gasteiger partial charge in [-0.1, -0.05) is 0 Å². The molecule has 0 aromatic carbocycles. The highest BCUT2D eigenvalue weighted by atomic mass is 32.1. The van der Waals surface area contributed by atoms with Gasteiger partial charge in [-0.3, -0.25) is 4.79 Å². The van der Waals surface area contributed by atoms with Gasteiger partial charge in [0.05, 0.1) is 4.88 Å². The number of carbonyl (C=O) groups is 1. The second kappa shape index (κ2) is 6.84. The van der Waals surface area contributed by atoms with Gasteiger partial charge >= 0.3 is 0 Å². The molecule has 2 aliphatic rings. The molecule has 0 radical (unpaired) electrons. The number of fused-ring (bicyclic) bond motifs is 1. The SMILES string of the molecule is Cc1ccc(C(=O)N2CCC(c3ncc4c(n3)CCN(C)C4)CC2)s1. The number of hydrogen-bond acceptors (Lipinski definition) is 5. The molecule has 0 N–H and O–H groups in total. The first-order valence-corrected chi connectivity index (χ1v) is 9.81. The number of piperidine rings is 1. The van der Waals surface area contributed by atoms with Gasteiger partial charge in [0.2, 0.25) is 0 Å². The van der Waals surface area contributed by atoms with Crippen LogP contribution in [0.25, 0.3) is 0 Å². The Balaban J connectivity index is 1.41. The number of rotatable bonds is 2. The van der Waals surface area contributed by atoms with Crippen LogP contribution >= 0.6 is 11.3 Å². The molecule has 0 bridgehead atoms. The number of carbonyl (C=O) groups excluding carboxylic acids is 1. The molecule has 1 saturated heterocycles. The molecule has 2 aromatic rings. The lowest BCUT2D eigenvalue weighted by atomic mass is 9.95. The number of likely N-dealkylation sites (tertiary alicyclic amines) is 1. The molecule has 0 saturated carbocycles. The number of aromatic nitrogens is 2. The zero-order valence-corrected chi connectivity index (χ0v) is 15.7. The number of likely N-dealkylation sites (N-methyl/N-ethyl adjacent to an activating group) is 1. The van der Waals surface area contributed by atoms with E-state index in [4.69, 9.17) is 4.98 Å². The van der Waals surface area contributed by atoms with Crippen molar-refractivity contribution in [1.29, 1.82) is 0 Å². The summed E-state index contributed by atoms with van der Waals surface area (Å²) in [6, 6.07) is 3.96. The molecular weight excluding hydrogens is 332 g/mol. The van der Waals surface area contributed by atoms with Crippen LogP contribution in [0.4, 0.5) is 0 Å². The second-order valence-electron chi connectivity index (χ2n) is 7.16. The van der Waals surface area contributed by atoms with E-state index in [1.54, 1.807) is 11.3 Å². The Hall–Kier alpha value is -1.79. The van der Waals surface area contributed by atoms with Crippen molar-refractivity contribution in [3.05, 3.63) is 45.2 Å². The Morgan fingerprint density at radius 1 is 1.24 bits per heavy atom. The molecule has 1 fully saturated rings. The summed E-state index contributed by atoms with van der Waals surface area (Å²) in [6.45, 7) is 5.64. The molecule has 0 unspecified atom stereocenters. The Morgan fingerprint density at radius 2 is 2.04 bits per heavy atom. The number of hydrogen-bond donors (Lipinski definition) is 0. The monoisotopic (exact) mass is 356 g/mol. The van der Waals surface area contributed by atoms with E-state index < -0.39 is 0 Å². The molecule has 4 heterocycles. The smallest absolute Gasteiger partial charge is 0.263 e. The highest BCUT2D eigenvalue weighted by molar-refractivity contribution is 7.13. The van der Waals surface area contributed by atoms with Crippen LogP contribution in [-0.4, -0.2) is 52.4 Å². The standard InChI is InChI=1S/C19H24N4OS/c1-13-3-4-17(25-13)19(24)23-9-5-14(6-10-23)18-20-11-15-12-22(2)8-7-16(15)21-18/h3-4,11,14H,5-10,12H2,1-2H3. The third-order valence-electron chi connectivity index (χ3n) is 5.24. The summed E-state index contributed by atoms with van der Waals surface area (Å²) in [6.07, 6.45) is 4.93. The van der Waals surface area contributed by atoms with Crippen molar-refractivity contribution in [3.63, 3.8) is 0 Å². The second-order valence-corrected chi connectivity index (χ2v) is 8.45. The van der Waals surface area contributed by atoms with E-state index in [1.165, 1.54) is 16.1 Å². The number of thiophene rings is 1. The maximum atomic E-state index is 12.6. The maximum absolute atomic E-state index is 12.6. The van der Waals surface area contributed by atoms with Crippen molar-refractivity contribution in [1.82, 2.24) is 19.8 Å². The van der Waals surface area contributed by atoms with Gasteiger partial charge < -0.3 is 9.80 Å². The van der Waals surface area contributed by atoms with E-state index in [2.05, 4.69) is 16.9 Å². The minimum atomic E-state index is 0.172. The van der Waals surface area contributed by atoms with Crippen molar-refractivity contribution >= 4 is 17.2 Å². The molecule has 132 valence electrons. The van der Waals surface area contributed by atoms with Gasteiger partial charge in [-0.15, -0.1) is 11.3 Å². The summed E-state index contributed by atoms with van der Waals surface area (Å²) in [7, 11) is 2.14. The van der Waals surface area contributed by atoms with Crippen LogP contribution in [0.3, 0.4) is 0 Å². The topological polar surface area (TPSA) is 49.3 Å². The molecule has 6 heteroatoms. The predicted octanol–water partition coefficient (Wildman–Crippen LogP) is 2.85. The predicted molar refractivity (Wildman–Crippen MR) is 99.0 cm³/mol. The van der Waals surface area contributed by atoms with E-state index in [0.717, 1.165) is 56.1 Å². The molecular formula is C19H24N4OS. The normalized spacial score (nSPS) is 19.0. The van der Waals surface area contributed by atoms with E-state index in [9.17, 15) is 4.79 Å². The fraction of sp³-hybridized carbons (Fsp3) is 0.526.